The Labute approximate surface area is 114 Å². The van der Waals surface area contributed by atoms with E-state index in [-0.39, 0.29) is 10.9 Å². The fourth-order valence-corrected chi connectivity index (χ4v) is 4.28. The molecule has 1 aliphatic heterocycles. The van der Waals surface area contributed by atoms with Crippen LogP contribution >= 0.6 is 0 Å². The van der Waals surface area contributed by atoms with Crippen molar-refractivity contribution in [3.63, 3.8) is 0 Å². The minimum atomic E-state index is -3.49. The van der Waals surface area contributed by atoms with E-state index in [1.54, 1.807) is 22.5 Å². The number of methoxy groups -OCH3 is 1. The van der Waals surface area contributed by atoms with Crippen LogP contribution in [0.4, 0.5) is 0 Å². The summed E-state index contributed by atoms with van der Waals surface area (Å²) in [5.41, 5.74) is 6.41. The normalized spacial score (nSPS) is 20.7. The van der Waals surface area contributed by atoms with E-state index < -0.39 is 10.0 Å². The highest BCUT2D eigenvalue weighted by Crippen LogP contribution is 2.31. The van der Waals surface area contributed by atoms with Crippen LogP contribution in [0.25, 0.3) is 0 Å². The number of ether oxygens (including phenoxy) is 1. The number of sulfonamides is 1. The monoisotopic (exact) mass is 284 g/mol. The van der Waals surface area contributed by atoms with Gasteiger partial charge in [0.2, 0.25) is 10.0 Å². The van der Waals surface area contributed by atoms with Gasteiger partial charge in [-0.2, -0.15) is 4.31 Å². The summed E-state index contributed by atoms with van der Waals surface area (Å²) in [6.07, 6.45) is 1.81. The van der Waals surface area contributed by atoms with Crippen LogP contribution in [0.15, 0.2) is 23.1 Å². The fourth-order valence-electron chi connectivity index (χ4n) is 2.44. The molecule has 1 unspecified atom stereocenters. The Bertz CT molecular complexity index is 557. The molecule has 0 amide bonds. The van der Waals surface area contributed by atoms with Gasteiger partial charge in [0.1, 0.15) is 10.6 Å². The van der Waals surface area contributed by atoms with Gasteiger partial charge in [-0.1, -0.05) is 6.07 Å². The standard InChI is InChI=1S/C13H20N2O3S/c1-10-4-3-7-15(10)19(16,17)13-6-5-11(9-14)8-12(13)18-2/h5-6,8,10H,3-4,7,9,14H2,1-2H3. The van der Waals surface area contributed by atoms with Crippen LogP contribution in [0, 0.1) is 0 Å². The highest BCUT2D eigenvalue weighted by atomic mass is 32.2. The number of nitrogens with zero attached hydrogens (tertiary/aromatic N) is 1. The predicted molar refractivity (Wildman–Crippen MR) is 73.5 cm³/mol. The summed E-state index contributed by atoms with van der Waals surface area (Å²) in [6, 6.07) is 5.05. The van der Waals surface area contributed by atoms with Crippen LogP contribution in [-0.4, -0.2) is 32.4 Å². The molecule has 0 bridgehead atoms. The Morgan fingerprint density at radius 3 is 2.74 bits per heavy atom. The molecule has 1 aliphatic rings. The summed E-state index contributed by atoms with van der Waals surface area (Å²) in [5, 5.41) is 0. The molecular weight excluding hydrogens is 264 g/mol. The number of nitrogens with two attached hydrogens (primary N) is 1. The first-order chi connectivity index (χ1) is 9.00. The van der Waals surface area contributed by atoms with Gasteiger partial charge in [0.25, 0.3) is 0 Å². The molecule has 1 aromatic rings. The van der Waals surface area contributed by atoms with Crippen LogP contribution in [0.3, 0.4) is 0 Å². The van der Waals surface area contributed by atoms with Crippen LogP contribution in [0.2, 0.25) is 0 Å². The molecular formula is C13H20N2O3S. The SMILES string of the molecule is COc1cc(CN)ccc1S(=O)(=O)N1CCCC1C. The van der Waals surface area contributed by atoms with E-state index in [0.717, 1.165) is 18.4 Å². The minimum Gasteiger partial charge on any atom is -0.495 e. The molecule has 1 aromatic carbocycles. The van der Waals surface area contributed by atoms with E-state index in [2.05, 4.69) is 0 Å². The van der Waals surface area contributed by atoms with Crippen molar-refractivity contribution in [3.8, 4) is 5.75 Å². The number of hydrogen-bond donors (Lipinski definition) is 1. The van der Waals surface area contributed by atoms with E-state index >= 15 is 0 Å². The van der Waals surface area contributed by atoms with Gasteiger partial charge in [0.15, 0.2) is 0 Å². The zero-order valence-electron chi connectivity index (χ0n) is 11.3. The van der Waals surface area contributed by atoms with Gasteiger partial charge in [0.05, 0.1) is 7.11 Å². The lowest BCUT2D eigenvalue weighted by atomic mass is 10.2. The lowest BCUT2D eigenvalue weighted by Gasteiger charge is -2.22. The van der Waals surface area contributed by atoms with Crippen LogP contribution in [0.1, 0.15) is 25.3 Å². The molecule has 0 spiro atoms. The average molecular weight is 284 g/mol. The third kappa shape index (κ3) is 2.61. The smallest absolute Gasteiger partial charge is 0.246 e. The van der Waals surface area contributed by atoms with Crippen molar-refractivity contribution in [2.45, 2.75) is 37.2 Å². The van der Waals surface area contributed by atoms with Crippen molar-refractivity contribution in [3.05, 3.63) is 23.8 Å². The Morgan fingerprint density at radius 2 is 2.21 bits per heavy atom. The molecule has 1 saturated heterocycles. The van der Waals surface area contributed by atoms with Crippen molar-refractivity contribution in [1.29, 1.82) is 0 Å². The third-order valence-electron chi connectivity index (χ3n) is 3.54. The van der Waals surface area contributed by atoms with Crippen molar-refractivity contribution in [2.24, 2.45) is 5.73 Å². The maximum atomic E-state index is 12.6. The number of hydrogen-bond acceptors (Lipinski definition) is 4. The Balaban J connectivity index is 2.45. The topological polar surface area (TPSA) is 72.6 Å². The zero-order chi connectivity index (χ0) is 14.0. The molecule has 2 N–H and O–H groups in total. The quantitative estimate of drug-likeness (QED) is 0.905. The molecule has 0 aromatic heterocycles. The second-order valence-electron chi connectivity index (χ2n) is 4.80. The summed E-state index contributed by atoms with van der Waals surface area (Å²) in [4.78, 5) is 0.223. The Hall–Kier alpha value is -1.11. The first kappa shape index (κ1) is 14.3. The second kappa shape index (κ2) is 5.48. The van der Waals surface area contributed by atoms with E-state index in [1.807, 2.05) is 6.92 Å². The van der Waals surface area contributed by atoms with Gasteiger partial charge < -0.3 is 10.5 Å². The highest BCUT2D eigenvalue weighted by Gasteiger charge is 2.34. The lowest BCUT2D eigenvalue weighted by molar-refractivity contribution is 0.386. The molecule has 106 valence electrons. The molecule has 1 fully saturated rings. The minimum absolute atomic E-state index is 0.0453. The van der Waals surface area contributed by atoms with Crippen LogP contribution in [-0.2, 0) is 16.6 Å². The highest BCUT2D eigenvalue weighted by molar-refractivity contribution is 7.89. The number of rotatable bonds is 4. The summed E-state index contributed by atoms with van der Waals surface area (Å²) >= 11 is 0. The second-order valence-corrected chi connectivity index (χ2v) is 6.66. The van der Waals surface area contributed by atoms with Gasteiger partial charge in [-0.15, -0.1) is 0 Å². The van der Waals surface area contributed by atoms with Gasteiger partial charge in [-0.25, -0.2) is 8.42 Å². The van der Waals surface area contributed by atoms with E-state index in [0.29, 0.717) is 18.8 Å². The van der Waals surface area contributed by atoms with Gasteiger partial charge >= 0.3 is 0 Å². The van der Waals surface area contributed by atoms with E-state index in [1.165, 1.54) is 7.11 Å². The van der Waals surface area contributed by atoms with Gasteiger partial charge in [-0.3, -0.25) is 0 Å². The summed E-state index contributed by atoms with van der Waals surface area (Å²) in [5.74, 6) is 0.363. The fraction of sp³-hybridized carbons (Fsp3) is 0.538. The molecule has 0 radical (unpaired) electrons. The third-order valence-corrected chi connectivity index (χ3v) is 5.60. The lowest BCUT2D eigenvalue weighted by Crippen LogP contribution is -2.33. The first-order valence-electron chi connectivity index (χ1n) is 6.39. The molecule has 2 rings (SSSR count). The van der Waals surface area contributed by atoms with Gasteiger partial charge in [0, 0.05) is 19.1 Å². The molecule has 5 nitrogen and oxygen atoms in total. The summed E-state index contributed by atoms with van der Waals surface area (Å²) in [6.45, 7) is 2.87. The molecule has 0 saturated carbocycles. The molecule has 1 atom stereocenters. The maximum absolute atomic E-state index is 12.6. The van der Waals surface area contributed by atoms with Crippen LogP contribution < -0.4 is 10.5 Å². The molecule has 19 heavy (non-hydrogen) atoms. The summed E-state index contributed by atoms with van der Waals surface area (Å²) < 4.78 is 32.0. The van der Waals surface area contributed by atoms with Crippen LogP contribution in [0.5, 0.6) is 5.75 Å². The predicted octanol–water partition coefficient (Wildman–Crippen LogP) is 1.33. The largest absolute Gasteiger partial charge is 0.495 e. The van der Waals surface area contributed by atoms with Crippen molar-refractivity contribution >= 4 is 10.0 Å². The van der Waals surface area contributed by atoms with E-state index in [9.17, 15) is 8.42 Å². The molecule has 6 heteroatoms. The van der Waals surface area contributed by atoms with Crippen molar-refractivity contribution < 1.29 is 13.2 Å². The maximum Gasteiger partial charge on any atom is 0.246 e. The van der Waals surface area contributed by atoms with E-state index in [4.69, 9.17) is 10.5 Å². The first-order valence-corrected chi connectivity index (χ1v) is 7.83. The van der Waals surface area contributed by atoms with Gasteiger partial charge in [-0.05, 0) is 37.5 Å². The Morgan fingerprint density at radius 1 is 1.47 bits per heavy atom. The summed E-state index contributed by atoms with van der Waals surface area (Å²) in [7, 11) is -2.01. The van der Waals surface area contributed by atoms with Crippen molar-refractivity contribution in [1.82, 2.24) is 4.31 Å². The molecule has 0 aliphatic carbocycles. The average Bonchev–Trinajstić information content (AvgIpc) is 2.84. The Kier molecular flexibility index (Phi) is 4.13. The number of benzene rings is 1. The van der Waals surface area contributed by atoms with Crippen molar-refractivity contribution in [2.75, 3.05) is 13.7 Å². The molecule has 1 heterocycles. The zero-order valence-corrected chi connectivity index (χ0v) is 12.1.